The van der Waals surface area contributed by atoms with Crippen LogP contribution in [0.1, 0.15) is 31.2 Å². The van der Waals surface area contributed by atoms with E-state index in [1.165, 1.54) is 0 Å². The Hall–Kier alpha value is -3.34. The highest BCUT2D eigenvalue weighted by molar-refractivity contribution is 5.99. The van der Waals surface area contributed by atoms with Crippen LogP contribution >= 0.6 is 0 Å². The van der Waals surface area contributed by atoms with Crippen LogP contribution in [0, 0.1) is 23.7 Å². The third kappa shape index (κ3) is 5.31. The molecule has 1 aliphatic heterocycles. The maximum Gasteiger partial charge on any atom is 0.306 e. The van der Waals surface area contributed by atoms with E-state index in [9.17, 15) is 14.4 Å². The van der Waals surface area contributed by atoms with Crippen molar-refractivity contribution < 1.29 is 19.5 Å². The number of piperidine rings is 1. The Bertz CT molecular complexity index is 782. The highest BCUT2D eigenvalue weighted by atomic mass is 16.4. The molecular formula is C19H22N4O4. The molecule has 1 aliphatic rings. The van der Waals surface area contributed by atoms with Gasteiger partial charge in [0.15, 0.2) is 0 Å². The number of carbonyl (C=O) groups is 3. The Morgan fingerprint density at radius 2 is 2.07 bits per heavy atom. The van der Waals surface area contributed by atoms with Gasteiger partial charge in [-0.25, -0.2) is 0 Å². The van der Waals surface area contributed by atoms with E-state index in [1.54, 1.807) is 29.2 Å². The second-order valence-corrected chi connectivity index (χ2v) is 6.38. The van der Waals surface area contributed by atoms with Gasteiger partial charge in [0.2, 0.25) is 11.8 Å². The first-order valence-corrected chi connectivity index (χ1v) is 8.55. The maximum absolute atomic E-state index is 12.8. The van der Waals surface area contributed by atoms with Crippen molar-refractivity contribution in [1.29, 1.82) is 5.41 Å². The first-order chi connectivity index (χ1) is 12.8. The van der Waals surface area contributed by atoms with Crippen molar-refractivity contribution in [2.24, 2.45) is 11.7 Å². The molecule has 0 saturated carbocycles. The largest absolute Gasteiger partial charge is 0.481 e. The summed E-state index contributed by atoms with van der Waals surface area (Å²) in [6.45, 7) is 0.544. The average molecular weight is 370 g/mol. The normalized spacial score (nSPS) is 17.7. The van der Waals surface area contributed by atoms with E-state index >= 15 is 0 Å². The van der Waals surface area contributed by atoms with Gasteiger partial charge in [0, 0.05) is 30.1 Å². The second-order valence-electron chi connectivity index (χ2n) is 6.38. The summed E-state index contributed by atoms with van der Waals surface area (Å²) in [5.74, 6) is -0.0230. The zero-order valence-electron chi connectivity index (χ0n) is 14.8. The van der Waals surface area contributed by atoms with Crippen LogP contribution in [-0.4, -0.2) is 41.3 Å². The summed E-state index contributed by atoms with van der Waals surface area (Å²) in [4.78, 5) is 37.3. The van der Waals surface area contributed by atoms with E-state index in [-0.39, 0.29) is 24.6 Å². The van der Waals surface area contributed by atoms with Crippen LogP contribution in [0.2, 0.25) is 0 Å². The van der Waals surface area contributed by atoms with Crippen LogP contribution in [0.15, 0.2) is 24.3 Å². The SMILES string of the molecule is C#C[C@H](CC(=O)O)NC(=O)CC1CCCN(c2ccc(C(=N)N)cc2)C1=O. The minimum Gasteiger partial charge on any atom is -0.481 e. The van der Waals surface area contributed by atoms with E-state index in [0.717, 1.165) is 6.42 Å². The number of rotatable bonds is 7. The molecule has 2 rings (SSSR count). The number of aliphatic carboxylic acids is 1. The number of nitrogen functional groups attached to an aromatic ring is 1. The molecule has 8 nitrogen and oxygen atoms in total. The maximum atomic E-state index is 12.8. The van der Waals surface area contributed by atoms with Gasteiger partial charge in [-0.2, -0.15) is 0 Å². The summed E-state index contributed by atoms with van der Waals surface area (Å²) < 4.78 is 0. The van der Waals surface area contributed by atoms with Crippen LogP contribution < -0.4 is 16.0 Å². The summed E-state index contributed by atoms with van der Waals surface area (Å²) in [5.41, 5.74) is 6.69. The van der Waals surface area contributed by atoms with Gasteiger partial charge in [-0.1, -0.05) is 5.92 Å². The number of hydrogen-bond acceptors (Lipinski definition) is 4. The zero-order valence-corrected chi connectivity index (χ0v) is 14.8. The second kappa shape index (κ2) is 8.85. The fourth-order valence-corrected chi connectivity index (χ4v) is 3.02. The van der Waals surface area contributed by atoms with Crippen LogP contribution in [0.5, 0.6) is 0 Å². The van der Waals surface area contributed by atoms with E-state index in [1.807, 2.05) is 0 Å². The number of hydrogen-bond donors (Lipinski definition) is 4. The van der Waals surface area contributed by atoms with Crippen LogP contribution in [0.4, 0.5) is 5.69 Å². The van der Waals surface area contributed by atoms with Crippen molar-refractivity contribution in [3.63, 3.8) is 0 Å². The van der Waals surface area contributed by atoms with E-state index in [0.29, 0.717) is 24.2 Å². The lowest BCUT2D eigenvalue weighted by Gasteiger charge is -2.32. The number of nitrogens with zero attached hydrogens (tertiary/aromatic N) is 1. The first kappa shape index (κ1) is 20.0. The molecule has 0 spiro atoms. The number of carbonyl (C=O) groups excluding carboxylic acids is 2. The topological polar surface area (TPSA) is 137 Å². The van der Waals surface area contributed by atoms with Gasteiger partial charge >= 0.3 is 5.97 Å². The predicted octanol–water partition coefficient (Wildman–Crippen LogP) is 0.696. The summed E-state index contributed by atoms with van der Waals surface area (Å²) >= 11 is 0. The van der Waals surface area contributed by atoms with Gasteiger partial charge in [0.1, 0.15) is 11.9 Å². The molecule has 2 atom stereocenters. The van der Waals surface area contributed by atoms with Gasteiger partial charge in [-0.05, 0) is 37.1 Å². The molecule has 0 bridgehead atoms. The molecule has 0 aliphatic carbocycles. The molecular weight excluding hydrogens is 348 g/mol. The number of terminal acetylenes is 1. The summed E-state index contributed by atoms with van der Waals surface area (Å²) in [6.07, 6.45) is 6.14. The predicted molar refractivity (Wildman–Crippen MR) is 100 cm³/mol. The molecule has 1 aromatic carbocycles. The monoisotopic (exact) mass is 370 g/mol. The Morgan fingerprint density at radius 3 is 2.63 bits per heavy atom. The minimum absolute atomic E-state index is 0.0430. The molecule has 27 heavy (non-hydrogen) atoms. The van der Waals surface area contributed by atoms with Crippen molar-refractivity contribution in [1.82, 2.24) is 5.32 Å². The number of carboxylic acid groups (broad SMARTS) is 1. The van der Waals surface area contributed by atoms with Gasteiger partial charge in [-0.3, -0.25) is 19.8 Å². The molecule has 142 valence electrons. The van der Waals surface area contributed by atoms with Gasteiger partial charge in [0.25, 0.3) is 0 Å². The molecule has 1 saturated heterocycles. The van der Waals surface area contributed by atoms with Crippen molar-refractivity contribution in [2.45, 2.75) is 31.7 Å². The number of amidine groups is 1. The Balaban J connectivity index is 2.01. The molecule has 8 heteroatoms. The van der Waals surface area contributed by atoms with Gasteiger partial charge < -0.3 is 21.1 Å². The van der Waals surface area contributed by atoms with E-state index < -0.39 is 23.8 Å². The first-order valence-electron chi connectivity index (χ1n) is 8.55. The summed E-state index contributed by atoms with van der Waals surface area (Å²) in [6, 6.07) is 5.88. The number of nitrogens with two attached hydrogens (primary N) is 1. The quantitative estimate of drug-likeness (QED) is 0.318. The van der Waals surface area contributed by atoms with Crippen LogP contribution in [-0.2, 0) is 14.4 Å². The number of nitrogens with one attached hydrogen (secondary N) is 2. The van der Waals surface area contributed by atoms with Gasteiger partial charge in [-0.15, -0.1) is 6.42 Å². The van der Waals surface area contributed by atoms with Crippen molar-refractivity contribution >= 4 is 29.3 Å². The Morgan fingerprint density at radius 1 is 1.41 bits per heavy atom. The highest BCUT2D eigenvalue weighted by Gasteiger charge is 2.31. The molecule has 2 amide bonds. The average Bonchev–Trinajstić information content (AvgIpc) is 2.62. The number of benzene rings is 1. The van der Waals surface area contributed by atoms with Crippen LogP contribution in [0.3, 0.4) is 0 Å². The number of amides is 2. The van der Waals surface area contributed by atoms with E-state index in [4.69, 9.17) is 22.7 Å². The molecule has 1 unspecified atom stereocenters. The van der Waals surface area contributed by atoms with Crippen LogP contribution in [0.25, 0.3) is 0 Å². The lowest BCUT2D eigenvalue weighted by atomic mass is 9.92. The van der Waals surface area contributed by atoms with Crippen molar-refractivity contribution in [2.75, 3.05) is 11.4 Å². The van der Waals surface area contributed by atoms with Crippen molar-refractivity contribution in [3.8, 4) is 12.3 Å². The third-order valence-corrected chi connectivity index (χ3v) is 4.39. The number of carboxylic acids is 1. The minimum atomic E-state index is -1.10. The zero-order chi connectivity index (χ0) is 20.0. The molecule has 0 radical (unpaired) electrons. The van der Waals surface area contributed by atoms with E-state index in [2.05, 4.69) is 11.2 Å². The lowest BCUT2D eigenvalue weighted by Crippen LogP contribution is -2.44. The Kier molecular flexibility index (Phi) is 6.55. The molecule has 0 aromatic heterocycles. The van der Waals surface area contributed by atoms with Gasteiger partial charge in [0.05, 0.1) is 6.42 Å². The molecule has 1 aromatic rings. The fourth-order valence-electron chi connectivity index (χ4n) is 3.02. The smallest absolute Gasteiger partial charge is 0.306 e. The molecule has 1 heterocycles. The Labute approximate surface area is 157 Å². The highest BCUT2D eigenvalue weighted by Crippen LogP contribution is 2.26. The molecule has 1 fully saturated rings. The molecule has 5 N–H and O–H groups in total. The fraction of sp³-hybridized carbons (Fsp3) is 0.368. The summed E-state index contributed by atoms with van der Waals surface area (Å²) in [7, 11) is 0. The standard InChI is InChI=1S/C19H22N4O4/c1-2-14(11-17(25)26)22-16(24)10-13-4-3-9-23(19(13)27)15-7-5-12(6-8-15)18(20)21/h1,5-8,13-14H,3-4,9-11H2,(H3,20,21)(H,22,24)(H,25,26)/t13?,14-/m1/s1. The van der Waals surface area contributed by atoms with Crippen molar-refractivity contribution in [3.05, 3.63) is 29.8 Å². The summed E-state index contributed by atoms with van der Waals surface area (Å²) in [5, 5.41) is 18.7. The third-order valence-electron chi connectivity index (χ3n) is 4.39. The lowest BCUT2D eigenvalue weighted by molar-refractivity contribution is -0.137. The number of anilines is 1.